The van der Waals surface area contributed by atoms with Gasteiger partial charge < -0.3 is 20.1 Å². The van der Waals surface area contributed by atoms with Crippen LogP contribution in [0, 0.1) is 0 Å². The third kappa shape index (κ3) is 2.72. The summed E-state index contributed by atoms with van der Waals surface area (Å²) in [5.41, 5.74) is 6.48. The topological polar surface area (TPSA) is 64.8 Å². The number of benzene rings is 1. The van der Waals surface area contributed by atoms with Crippen LogP contribution >= 0.6 is 0 Å². The van der Waals surface area contributed by atoms with Crippen LogP contribution in [0.5, 0.6) is 11.5 Å². The largest absolute Gasteiger partial charge is 0.493 e. The smallest absolute Gasteiger partial charge is 0.258 e. The van der Waals surface area contributed by atoms with Gasteiger partial charge in [-0.05, 0) is 31.9 Å². The second-order valence-electron chi connectivity index (χ2n) is 5.17. The van der Waals surface area contributed by atoms with E-state index in [-0.39, 0.29) is 18.0 Å². The van der Waals surface area contributed by atoms with Crippen molar-refractivity contribution >= 4 is 5.91 Å². The first-order valence-corrected chi connectivity index (χ1v) is 6.86. The number of carbonyl (C=O) groups is 1. The van der Waals surface area contributed by atoms with Gasteiger partial charge in [-0.2, -0.15) is 0 Å². The van der Waals surface area contributed by atoms with Gasteiger partial charge >= 0.3 is 0 Å². The number of ether oxygens (including phenoxy) is 2. The third-order valence-electron chi connectivity index (χ3n) is 3.81. The van der Waals surface area contributed by atoms with E-state index in [0.29, 0.717) is 23.6 Å². The Labute approximate surface area is 119 Å². The summed E-state index contributed by atoms with van der Waals surface area (Å²) in [5, 5.41) is 0. The molecule has 0 radical (unpaired) electrons. The van der Waals surface area contributed by atoms with Crippen molar-refractivity contribution in [1.82, 2.24) is 4.90 Å². The normalized spacial score (nSPS) is 22.5. The van der Waals surface area contributed by atoms with Gasteiger partial charge in [0.2, 0.25) is 0 Å². The lowest BCUT2D eigenvalue weighted by atomic mass is 9.98. The number of hydrogen-bond donors (Lipinski definition) is 1. The summed E-state index contributed by atoms with van der Waals surface area (Å²) in [6, 6.07) is 5.67. The van der Waals surface area contributed by atoms with Crippen LogP contribution in [-0.4, -0.2) is 43.7 Å². The molecule has 0 saturated carbocycles. The Morgan fingerprint density at radius 1 is 1.35 bits per heavy atom. The number of rotatable bonds is 3. The highest BCUT2D eigenvalue weighted by Gasteiger charge is 2.29. The van der Waals surface area contributed by atoms with Crippen molar-refractivity contribution in [1.29, 1.82) is 0 Å². The maximum Gasteiger partial charge on any atom is 0.258 e. The Morgan fingerprint density at radius 3 is 2.70 bits per heavy atom. The first kappa shape index (κ1) is 14.7. The van der Waals surface area contributed by atoms with Crippen LogP contribution in [0.25, 0.3) is 0 Å². The molecule has 20 heavy (non-hydrogen) atoms. The molecule has 1 aromatic carbocycles. The Balaban J connectivity index is 2.29. The molecule has 1 fully saturated rings. The first-order chi connectivity index (χ1) is 9.58. The van der Waals surface area contributed by atoms with E-state index in [9.17, 15) is 4.79 Å². The van der Waals surface area contributed by atoms with Gasteiger partial charge in [0.1, 0.15) is 0 Å². The number of amides is 1. The maximum absolute atomic E-state index is 12.7. The highest BCUT2D eigenvalue weighted by molar-refractivity contribution is 5.98. The predicted octanol–water partition coefficient (Wildman–Crippen LogP) is 1.66. The Morgan fingerprint density at radius 2 is 2.10 bits per heavy atom. The zero-order valence-corrected chi connectivity index (χ0v) is 12.3. The van der Waals surface area contributed by atoms with E-state index in [2.05, 4.69) is 0 Å². The molecule has 0 bridgehead atoms. The molecule has 1 saturated heterocycles. The molecule has 2 N–H and O–H groups in total. The summed E-state index contributed by atoms with van der Waals surface area (Å²) in [7, 11) is 3.11. The Hall–Kier alpha value is -1.75. The van der Waals surface area contributed by atoms with Gasteiger partial charge in [-0.1, -0.05) is 6.07 Å². The molecular formula is C15H22N2O3. The van der Waals surface area contributed by atoms with Gasteiger partial charge in [0.15, 0.2) is 11.5 Å². The van der Waals surface area contributed by atoms with Crippen LogP contribution in [0.4, 0.5) is 0 Å². The van der Waals surface area contributed by atoms with Crippen LogP contribution < -0.4 is 15.2 Å². The summed E-state index contributed by atoms with van der Waals surface area (Å²) >= 11 is 0. The number of nitrogens with zero attached hydrogens (tertiary/aromatic N) is 1. The fraction of sp³-hybridized carbons (Fsp3) is 0.533. The molecule has 1 heterocycles. The van der Waals surface area contributed by atoms with Crippen molar-refractivity contribution in [2.75, 3.05) is 20.8 Å². The van der Waals surface area contributed by atoms with Gasteiger partial charge in [-0.15, -0.1) is 0 Å². The molecule has 0 aliphatic carbocycles. The van der Waals surface area contributed by atoms with Crippen molar-refractivity contribution in [3.63, 3.8) is 0 Å². The molecule has 2 unspecified atom stereocenters. The molecule has 1 aliphatic heterocycles. The second-order valence-corrected chi connectivity index (χ2v) is 5.17. The fourth-order valence-electron chi connectivity index (χ4n) is 2.72. The minimum atomic E-state index is -0.0276. The van der Waals surface area contributed by atoms with Crippen LogP contribution in [0.2, 0.25) is 0 Å². The van der Waals surface area contributed by atoms with Crippen LogP contribution in [-0.2, 0) is 0 Å². The van der Waals surface area contributed by atoms with Gasteiger partial charge in [-0.3, -0.25) is 4.79 Å². The summed E-state index contributed by atoms with van der Waals surface area (Å²) in [6.07, 6.45) is 1.67. The van der Waals surface area contributed by atoms with Crippen LogP contribution in [0.3, 0.4) is 0 Å². The minimum absolute atomic E-state index is 0.0276. The molecule has 0 spiro atoms. The second kappa shape index (κ2) is 6.13. The molecule has 5 heteroatoms. The number of hydrogen-bond acceptors (Lipinski definition) is 4. The van der Waals surface area contributed by atoms with Gasteiger partial charge in [0.25, 0.3) is 5.91 Å². The van der Waals surface area contributed by atoms with Crippen LogP contribution in [0.1, 0.15) is 30.1 Å². The van der Waals surface area contributed by atoms with E-state index in [4.69, 9.17) is 15.2 Å². The van der Waals surface area contributed by atoms with E-state index >= 15 is 0 Å². The average Bonchev–Trinajstić information content (AvgIpc) is 2.45. The van der Waals surface area contributed by atoms with Crippen molar-refractivity contribution in [2.24, 2.45) is 5.73 Å². The molecule has 2 rings (SSSR count). The fourth-order valence-corrected chi connectivity index (χ4v) is 2.72. The quantitative estimate of drug-likeness (QED) is 0.913. The summed E-state index contributed by atoms with van der Waals surface area (Å²) in [4.78, 5) is 14.6. The standard InChI is InChI=1S/C15H22N2O3/c1-10-9-11(16)7-8-17(10)15(18)12-5-4-6-13(19-2)14(12)20-3/h4-6,10-11H,7-9,16H2,1-3H3. The van der Waals surface area contributed by atoms with E-state index in [1.807, 2.05) is 11.8 Å². The molecular weight excluding hydrogens is 256 g/mol. The van der Waals surface area contributed by atoms with Crippen molar-refractivity contribution in [3.8, 4) is 11.5 Å². The highest BCUT2D eigenvalue weighted by atomic mass is 16.5. The summed E-state index contributed by atoms with van der Waals surface area (Å²) in [6.45, 7) is 2.71. The first-order valence-electron chi connectivity index (χ1n) is 6.86. The van der Waals surface area contributed by atoms with E-state index in [0.717, 1.165) is 12.8 Å². The third-order valence-corrected chi connectivity index (χ3v) is 3.81. The molecule has 110 valence electrons. The number of para-hydroxylation sites is 1. The Kier molecular flexibility index (Phi) is 4.49. The molecule has 1 aromatic rings. The molecule has 0 aromatic heterocycles. The van der Waals surface area contributed by atoms with E-state index in [1.165, 1.54) is 0 Å². The lowest BCUT2D eigenvalue weighted by Gasteiger charge is -2.36. The van der Waals surface area contributed by atoms with Crippen molar-refractivity contribution in [3.05, 3.63) is 23.8 Å². The molecule has 5 nitrogen and oxygen atoms in total. The average molecular weight is 278 g/mol. The monoisotopic (exact) mass is 278 g/mol. The highest BCUT2D eigenvalue weighted by Crippen LogP contribution is 2.32. The van der Waals surface area contributed by atoms with Crippen molar-refractivity contribution in [2.45, 2.75) is 31.8 Å². The lowest BCUT2D eigenvalue weighted by molar-refractivity contribution is 0.0615. The van der Waals surface area contributed by atoms with E-state index < -0.39 is 0 Å². The van der Waals surface area contributed by atoms with Gasteiger partial charge in [-0.25, -0.2) is 0 Å². The van der Waals surface area contributed by atoms with Gasteiger partial charge in [0.05, 0.1) is 19.8 Å². The maximum atomic E-state index is 12.7. The predicted molar refractivity (Wildman–Crippen MR) is 77.3 cm³/mol. The Bertz CT molecular complexity index is 490. The lowest BCUT2D eigenvalue weighted by Crippen LogP contribution is -2.48. The zero-order chi connectivity index (χ0) is 14.7. The van der Waals surface area contributed by atoms with E-state index in [1.54, 1.807) is 32.4 Å². The molecule has 1 aliphatic rings. The number of piperidine rings is 1. The molecule has 2 atom stereocenters. The van der Waals surface area contributed by atoms with Gasteiger partial charge in [0, 0.05) is 18.6 Å². The van der Waals surface area contributed by atoms with Crippen molar-refractivity contribution < 1.29 is 14.3 Å². The number of methoxy groups -OCH3 is 2. The summed E-state index contributed by atoms with van der Waals surface area (Å²) < 4.78 is 10.6. The minimum Gasteiger partial charge on any atom is -0.493 e. The molecule has 1 amide bonds. The SMILES string of the molecule is COc1cccc(C(=O)N2CCC(N)CC2C)c1OC. The number of carbonyl (C=O) groups excluding carboxylic acids is 1. The zero-order valence-electron chi connectivity index (χ0n) is 12.3. The number of nitrogens with two attached hydrogens (primary N) is 1. The summed E-state index contributed by atoms with van der Waals surface area (Å²) in [5.74, 6) is 1.03. The number of likely N-dealkylation sites (tertiary alicyclic amines) is 1. The van der Waals surface area contributed by atoms with Crippen LogP contribution in [0.15, 0.2) is 18.2 Å².